The standard InChI is InChI=1S/C19H19NO5/c21-18(16-5-1-2-6-17(16)19(22)23)20-13-7-9-14(10-8-13)25-12-15-4-3-11-24-15/h1-2,5-10,15H,3-4,11-12H2,(H,20,21)(H,22,23)/t15-/m0/s1. The molecule has 6 heteroatoms. The fourth-order valence-corrected chi connectivity index (χ4v) is 2.67. The Morgan fingerprint density at radius 2 is 1.84 bits per heavy atom. The van der Waals surface area contributed by atoms with Gasteiger partial charge in [0.2, 0.25) is 0 Å². The molecule has 0 unspecified atom stereocenters. The van der Waals surface area contributed by atoms with E-state index in [1.54, 1.807) is 36.4 Å². The summed E-state index contributed by atoms with van der Waals surface area (Å²) in [7, 11) is 0. The first-order valence-corrected chi connectivity index (χ1v) is 8.11. The van der Waals surface area contributed by atoms with Gasteiger partial charge in [-0.15, -0.1) is 0 Å². The first-order chi connectivity index (χ1) is 12.1. The van der Waals surface area contributed by atoms with Crippen LogP contribution in [0.5, 0.6) is 5.75 Å². The summed E-state index contributed by atoms with van der Waals surface area (Å²) >= 11 is 0. The predicted molar refractivity (Wildman–Crippen MR) is 92.3 cm³/mol. The molecule has 2 aromatic carbocycles. The van der Waals surface area contributed by atoms with Crippen molar-refractivity contribution in [1.29, 1.82) is 0 Å². The van der Waals surface area contributed by atoms with Crippen LogP contribution < -0.4 is 10.1 Å². The molecular weight excluding hydrogens is 322 g/mol. The normalized spacial score (nSPS) is 16.4. The van der Waals surface area contributed by atoms with E-state index in [0.29, 0.717) is 18.0 Å². The molecular formula is C19H19NO5. The summed E-state index contributed by atoms with van der Waals surface area (Å²) in [6.07, 6.45) is 2.22. The molecule has 2 N–H and O–H groups in total. The number of anilines is 1. The highest BCUT2D eigenvalue weighted by molar-refractivity contribution is 6.10. The van der Waals surface area contributed by atoms with E-state index >= 15 is 0 Å². The van der Waals surface area contributed by atoms with Crippen molar-refractivity contribution in [1.82, 2.24) is 0 Å². The average Bonchev–Trinajstić information content (AvgIpc) is 3.14. The van der Waals surface area contributed by atoms with Crippen molar-refractivity contribution in [2.75, 3.05) is 18.5 Å². The number of carbonyl (C=O) groups excluding carboxylic acids is 1. The quantitative estimate of drug-likeness (QED) is 0.843. The van der Waals surface area contributed by atoms with Crippen LogP contribution in [0.25, 0.3) is 0 Å². The number of aromatic carboxylic acids is 1. The van der Waals surface area contributed by atoms with Gasteiger partial charge in [-0.05, 0) is 49.2 Å². The summed E-state index contributed by atoms with van der Waals surface area (Å²) in [4.78, 5) is 23.5. The minimum absolute atomic E-state index is 0.0310. The van der Waals surface area contributed by atoms with E-state index in [-0.39, 0.29) is 17.2 Å². The molecule has 25 heavy (non-hydrogen) atoms. The minimum atomic E-state index is -1.14. The molecule has 0 bridgehead atoms. The van der Waals surface area contributed by atoms with Crippen molar-refractivity contribution >= 4 is 17.6 Å². The van der Waals surface area contributed by atoms with E-state index in [2.05, 4.69) is 5.32 Å². The monoisotopic (exact) mass is 341 g/mol. The number of nitrogens with one attached hydrogen (secondary N) is 1. The van der Waals surface area contributed by atoms with Gasteiger partial charge < -0.3 is 19.9 Å². The van der Waals surface area contributed by atoms with E-state index < -0.39 is 11.9 Å². The van der Waals surface area contributed by atoms with Gasteiger partial charge in [0.1, 0.15) is 12.4 Å². The Kier molecular flexibility index (Phi) is 5.30. The number of hydrogen-bond donors (Lipinski definition) is 2. The number of rotatable bonds is 6. The lowest BCUT2D eigenvalue weighted by atomic mass is 10.1. The lowest BCUT2D eigenvalue weighted by molar-refractivity contribution is 0.0679. The summed E-state index contributed by atoms with van der Waals surface area (Å²) in [5.41, 5.74) is 0.653. The van der Waals surface area contributed by atoms with Crippen molar-refractivity contribution in [3.63, 3.8) is 0 Å². The largest absolute Gasteiger partial charge is 0.491 e. The van der Waals surface area contributed by atoms with Crippen molar-refractivity contribution in [2.45, 2.75) is 18.9 Å². The van der Waals surface area contributed by atoms with Crippen LogP contribution >= 0.6 is 0 Å². The summed E-state index contributed by atoms with van der Waals surface area (Å²) in [5.74, 6) is -0.908. The number of carboxylic acids is 1. The number of benzene rings is 2. The van der Waals surface area contributed by atoms with Crippen molar-refractivity contribution in [2.24, 2.45) is 0 Å². The highest BCUT2D eigenvalue weighted by atomic mass is 16.5. The number of hydrogen-bond acceptors (Lipinski definition) is 4. The molecule has 1 fully saturated rings. The van der Waals surface area contributed by atoms with Gasteiger partial charge in [0.15, 0.2) is 0 Å². The third kappa shape index (κ3) is 4.36. The fourth-order valence-electron chi connectivity index (χ4n) is 2.67. The molecule has 1 aliphatic heterocycles. The fraction of sp³-hybridized carbons (Fsp3) is 0.263. The summed E-state index contributed by atoms with van der Waals surface area (Å²) in [5, 5.41) is 11.9. The number of carbonyl (C=O) groups is 2. The first kappa shape index (κ1) is 17.0. The van der Waals surface area contributed by atoms with Crippen LogP contribution in [0.15, 0.2) is 48.5 Å². The second-order valence-corrected chi connectivity index (χ2v) is 5.78. The molecule has 1 aliphatic rings. The van der Waals surface area contributed by atoms with Crippen LogP contribution in [-0.2, 0) is 4.74 Å². The van der Waals surface area contributed by atoms with Gasteiger partial charge in [-0.3, -0.25) is 4.79 Å². The summed E-state index contributed by atoms with van der Waals surface area (Å²) in [6.45, 7) is 1.30. The summed E-state index contributed by atoms with van der Waals surface area (Å²) in [6, 6.07) is 13.0. The number of amides is 1. The molecule has 1 heterocycles. The Labute approximate surface area is 145 Å². The third-order valence-corrected chi connectivity index (χ3v) is 3.97. The van der Waals surface area contributed by atoms with E-state index in [4.69, 9.17) is 14.6 Å². The maximum Gasteiger partial charge on any atom is 0.336 e. The van der Waals surface area contributed by atoms with Gasteiger partial charge in [0.25, 0.3) is 5.91 Å². The number of carboxylic acid groups (broad SMARTS) is 1. The highest BCUT2D eigenvalue weighted by Crippen LogP contribution is 2.19. The Morgan fingerprint density at radius 3 is 2.48 bits per heavy atom. The van der Waals surface area contributed by atoms with Crippen LogP contribution in [0.4, 0.5) is 5.69 Å². The molecule has 0 aliphatic carbocycles. The van der Waals surface area contributed by atoms with Crippen LogP contribution in [0, 0.1) is 0 Å². The van der Waals surface area contributed by atoms with E-state index in [1.165, 1.54) is 12.1 Å². The average molecular weight is 341 g/mol. The van der Waals surface area contributed by atoms with Crippen molar-refractivity contribution in [3.05, 3.63) is 59.7 Å². The van der Waals surface area contributed by atoms with Crippen LogP contribution in [0.2, 0.25) is 0 Å². The second kappa shape index (κ2) is 7.81. The lowest BCUT2D eigenvalue weighted by Crippen LogP contribution is -2.17. The van der Waals surface area contributed by atoms with Crippen LogP contribution in [-0.4, -0.2) is 36.3 Å². The zero-order valence-electron chi connectivity index (χ0n) is 13.6. The van der Waals surface area contributed by atoms with Gasteiger partial charge in [-0.1, -0.05) is 12.1 Å². The molecule has 1 atom stereocenters. The topological polar surface area (TPSA) is 84.9 Å². The van der Waals surface area contributed by atoms with E-state index in [0.717, 1.165) is 19.4 Å². The molecule has 3 rings (SSSR count). The number of ether oxygens (including phenoxy) is 2. The van der Waals surface area contributed by atoms with Gasteiger partial charge in [0, 0.05) is 12.3 Å². The molecule has 0 spiro atoms. The van der Waals surface area contributed by atoms with Gasteiger partial charge in [-0.2, -0.15) is 0 Å². The van der Waals surface area contributed by atoms with Gasteiger partial charge in [0.05, 0.1) is 17.2 Å². The lowest BCUT2D eigenvalue weighted by Gasteiger charge is -2.12. The summed E-state index contributed by atoms with van der Waals surface area (Å²) < 4.78 is 11.2. The van der Waals surface area contributed by atoms with E-state index in [9.17, 15) is 9.59 Å². The SMILES string of the molecule is O=C(O)c1ccccc1C(=O)Nc1ccc(OC[C@@H]2CCCO2)cc1. The Balaban J connectivity index is 1.61. The van der Waals surface area contributed by atoms with Gasteiger partial charge >= 0.3 is 5.97 Å². The minimum Gasteiger partial charge on any atom is -0.491 e. The van der Waals surface area contributed by atoms with E-state index in [1.807, 2.05) is 0 Å². The molecule has 0 saturated carbocycles. The zero-order valence-corrected chi connectivity index (χ0v) is 13.6. The highest BCUT2D eigenvalue weighted by Gasteiger charge is 2.17. The Bertz CT molecular complexity index is 751. The smallest absolute Gasteiger partial charge is 0.336 e. The third-order valence-electron chi connectivity index (χ3n) is 3.97. The molecule has 130 valence electrons. The van der Waals surface area contributed by atoms with Crippen LogP contribution in [0.1, 0.15) is 33.6 Å². The van der Waals surface area contributed by atoms with Crippen LogP contribution in [0.3, 0.4) is 0 Å². The molecule has 6 nitrogen and oxygen atoms in total. The molecule has 2 aromatic rings. The van der Waals surface area contributed by atoms with Crippen molar-refractivity contribution < 1.29 is 24.2 Å². The predicted octanol–water partition coefficient (Wildman–Crippen LogP) is 3.19. The molecule has 0 radical (unpaired) electrons. The molecule has 0 aromatic heterocycles. The first-order valence-electron chi connectivity index (χ1n) is 8.11. The Morgan fingerprint density at radius 1 is 1.12 bits per heavy atom. The second-order valence-electron chi connectivity index (χ2n) is 5.78. The maximum atomic E-state index is 12.3. The van der Waals surface area contributed by atoms with Gasteiger partial charge in [-0.25, -0.2) is 4.79 Å². The zero-order chi connectivity index (χ0) is 17.6. The molecule has 1 saturated heterocycles. The molecule has 1 amide bonds. The van der Waals surface area contributed by atoms with Crippen molar-refractivity contribution in [3.8, 4) is 5.75 Å². The Hall–Kier alpha value is -2.86. The maximum absolute atomic E-state index is 12.3.